The predicted molar refractivity (Wildman–Crippen MR) is 300 cm³/mol. The predicted octanol–water partition coefficient (Wildman–Crippen LogP) is 0.884. The first-order valence-corrected chi connectivity index (χ1v) is 27.4. The van der Waals surface area contributed by atoms with Crippen molar-refractivity contribution >= 4 is 47.3 Å². The third kappa shape index (κ3) is 20.0. The summed E-state index contributed by atoms with van der Waals surface area (Å²) in [5.41, 5.74) is 6.85. The number of H-pyrrole nitrogens is 1. The highest BCUT2D eigenvalue weighted by atomic mass is 16.3. The van der Waals surface area contributed by atoms with Crippen LogP contribution in [0.15, 0.2) is 91.4 Å². The van der Waals surface area contributed by atoms with Crippen LogP contribution in [0.4, 0.5) is 0 Å². The molecule has 3 unspecified atom stereocenters. The Balaban J connectivity index is 1.39. The second kappa shape index (κ2) is 30.1. The number of rotatable bonds is 29. The lowest BCUT2D eigenvalue weighted by Crippen LogP contribution is -2.62. The molecule has 81 heavy (non-hydrogen) atoms. The Morgan fingerprint density at radius 3 is 1.62 bits per heavy atom. The van der Waals surface area contributed by atoms with Gasteiger partial charge in [0.15, 0.2) is 0 Å². The molecule has 1 aromatic heterocycles. The number of aliphatic hydroxyl groups excluding tert-OH is 2. The number of hydrogen-bond donors (Lipinski definition) is 13. The number of phenolic OH excluding ortho intramolecular Hbond substituents is 2. The number of nitrogens with two attached hydrogens (primary N) is 1. The van der Waals surface area contributed by atoms with Crippen LogP contribution in [0.5, 0.6) is 11.5 Å². The second-order valence-electron chi connectivity index (χ2n) is 22.5. The Bertz CT molecular complexity index is 2720. The summed E-state index contributed by atoms with van der Waals surface area (Å²) >= 11 is 0. The van der Waals surface area contributed by atoms with Crippen LogP contribution in [-0.4, -0.2) is 150 Å². The van der Waals surface area contributed by atoms with Gasteiger partial charge in [0.25, 0.3) is 0 Å². The van der Waals surface area contributed by atoms with Crippen LogP contribution in [-0.2, 0) is 64.0 Å². The van der Waals surface area contributed by atoms with Crippen molar-refractivity contribution < 1.29 is 58.8 Å². The van der Waals surface area contributed by atoms with Crippen LogP contribution in [0.1, 0.15) is 96.5 Å². The number of aliphatic hydroxyl groups is 2. The van der Waals surface area contributed by atoms with Crippen LogP contribution in [0.25, 0.3) is 0 Å². The average molecular weight is 1120 g/mol. The average Bonchev–Trinajstić information content (AvgIpc) is 4.18. The molecule has 1 aliphatic rings. The molecule has 1 aliphatic heterocycles. The van der Waals surface area contributed by atoms with Gasteiger partial charge in [0, 0.05) is 49.5 Å². The number of aromatic amines is 1. The van der Waals surface area contributed by atoms with Gasteiger partial charge in [-0.25, -0.2) is 4.98 Å². The molecule has 0 aliphatic carbocycles. The van der Waals surface area contributed by atoms with Gasteiger partial charge in [-0.2, -0.15) is 0 Å². The number of nitrogens with one attached hydrogen (secondary N) is 8. The van der Waals surface area contributed by atoms with Crippen LogP contribution in [0.3, 0.4) is 0 Å². The zero-order valence-corrected chi connectivity index (χ0v) is 47.1. The van der Waals surface area contributed by atoms with Crippen LogP contribution >= 0.6 is 0 Å². The first kappa shape index (κ1) is 63.9. The lowest BCUT2D eigenvalue weighted by atomic mass is 9.94. The van der Waals surface area contributed by atoms with E-state index in [9.17, 15) is 58.8 Å². The molecule has 2 heterocycles. The largest absolute Gasteiger partial charge is 0.508 e. The third-order valence-corrected chi connectivity index (χ3v) is 13.7. The summed E-state index contributed by atoms with van der Waals surface area (Å²) in [6, 6.07) is 10.8. The highest BCUT2D eigenvalue weighted by Crippen LogP contribution is 2.23. The Kier molecular flexibility index (Phi) is 23.7. The summed E-state index contributed by atoms with van der Waals surface area (Å²) in [5.74, 6) is -6.00. The van der Waals surface area contributed by atoms with Gasteiger partial charge in [-0.1, -0.05) is 103 Å². The van der Waals surface area contributed by atoms with Gasteiger partial charge in [-0.15, -0.1) is 0 Å². The molecule has 9 atom stereocenters. The number of aromatic hydroxyl groups is 2. The van der Waals surface area contributed by atoms with Gasteiger partial charge in [0.2, 0.25) is 47.3 Å². The highest BCUT2D eigenvalue weighted by Gasteiger charge is 2.41. The first-order valence-electron chi connectivity index (χ1n) is 27.4. The van der Waals surface area contributed by atoms with Crippen LogP contribution < -0.4 is 43.0 Å². The number of benzene rings is 3. The van der Waals surface area contributed by atoms with Crippen molar-refractivity contribution in [1.29, 1.82) is 0 Å². The van der Waals surface area contributed by atoms with Gasteiger partial charge in [-0.3, -0.25) is 43.7 Å². The number of aromatic nitrogens is 2. The SMILES string of the molecule is CC(C)CC(NC(=O)C(Cc1ccccc1)NC(=O)[C@@H]1CCCN1C(=O)[C@H](Cc1cnc[nH]1)NC(=O)C(C)(C)C)C(O)N[C@@H](CC(C)C)C(=O)N[C@@H](Cc1ccc(O)cc1)C(=O)N[C@@H](Cc1ccc(O)cc1)C(=O)N[C@@H](CO)C(N)=O. The molecule has 8 amide bonds. The molecule has 1 saturated heterocycles. The highest BCUT2D eigenvalue weighted by molar-refractivity contribution is 5.96. The third-order valence-electron chi connectivity index (χ3n) is 13.7. The van der Waals surface area contributed by atoms with Crippen LogP contribution in [0.2, 0.25) is 0 Å². The van der Waals surface area contributed by atoms with Gasteiger partial charge < -0.3 is 67.9 Å². The minimum atomic E-state index is -1.59. The van der Waals surface area contributed by atoms with E-state index in [0.717, 1.165) is 0 Å². The number of carbonyl (C=O) groups is 8. The lowest BCUT2D eigenvalue weighted by Gasteiger charge is -2.33. The minimum Gasteiger partial charge on any atom is -0.508 e. The van der Waals surface area contributed by atoms with Crippen molar-refractivity contribution in [2.45, 2.75) is 154 Å². The Morgan fingerprint density at radius 1 is 0.642 bits per heavy atom. The molecule has 0 saturated carbocycles. The Labute approximate surface area is 472 Å². The molecular weight excluding hydrogens is 1040 g/mol. The molecular formula is C58H81N11O12. The van der Waals surface area contributed by atoms with E-state index < -0.39 is 108 Å². The normalized spacial score (nSPS) is 16.4. The zero-order valence-electron chi connectivity index (χ0n) is 47.1. The fraction of sp³-hybridized carbons (Fsp3) is 0.500. The van der Waals surface area contributed by atoms with Crippen molar-refractivity contribution in [3.05, 3.63) is 114 Å². The maximum atomic E-state index is 14.7. The summed E-state index contributed by atoms with van der Waals surface area (Å²) < 4.78 is 0. The summed E-state index contributed by atoms with van der Waals surface area (Å²) in [5, 5.41) is 61.3. The number of phenols is 2. The Hall–Kier alpha value is -7.89. The van der Waals surface area contributed by atoms with Crippen molar-refractivity contribution in [2.24, 2.45) is 23.0 Å². The molecule has 0 bridgehead atoms. The number of hydrogen-bond acceptors (Lipinski definition) is 14. The maximum absolute atomic E-state index is 14.7. The van der Waals surface area contributed by atoms with E-state index in [4.69, 9.17) is 5.73 Å². The second-order valence-corrected chi connectivity index (χ2v) is 22.5. The van der Waals surface area contributed by atoms with Crippen molar-refractivity contribution in [1.82, 2.24) is 52.1 Å². The molecule has 23 heteroatoms. The minimum absolute atomic E-state index is 0.0224. The number of carbonyl (C=O) groups excluding carboxylic acids is 8. The molecule has 23 nitrogen and oxygen atoms in total. The number of primary amides is 1. The molecule has 0 spiro atoms. The first-order chi connectivity index (χ1) is 38.3. The molecule has 3 aromatic carbocycles. The van der Waals surface area contributed by atoms with E-state index in [1.54, 1.807) is 69.4 Å². The van der Waals surface area contributed by atoms with E-state index in [-0.39, 0.29) is 80.7 Å². The van der Waals surface area contributed by atoms with Gasteiger partial charge >= 0.3 is 0 Å². The lowest BCUT2D eigenvalue weighted by molar-refractivity contribution is -0.143. The van der Waals surface area contributed by atoms with E-state index >= 15 is 0 Å². The van der Waals surface area contributed by atoms with Crippen molar-refractivity contribution in [3.8, 4) is 11.5 Å². The van der Waals surface area contributed by atoms with E-state index in [1.807, 2.05) is 27.7 Å². The quantitative estimate of drug-likeness (QED) is 0.0336. The number of imidazole rings is 1. The molecule has 0 radical (unpaired) electrons. The monoisotopic (exact) mass is 1120 g/mol. The van der Waals surface area contributed by atoms with Gasteiger partial charge in [0.1, 0.15) is 54.0 Å². The molecule has 4 aromatic rings. The molecule has 1 fully saturated rings. The topological polar surface area (TPSA) is 360 Å². The van der Waals surface area contributed by atoms with E-state index in [2.05, 4.69) is 47.2 Å². The fourth-order valence-corrected chi connectivity index (χ4v) is 9.30. The van der Waals surface area contributed by atoms with Crippen LogP contribution in [0, 0.1) is 17.3 Å². The Morgan fingerprint density at radius 2 is 1.14 bits per heavy atom. The number of amides is 8. The molecule has 14 N–H and O–H groups in total. The number of likely N-dealkylation sites (tertiary alicyclic amines) is 1. The smallest absolute Gasteiger partial charge is 0.246 e. The summed E-state index contributed by atoms with van der Waals surface area (Å²) in [7, 11) is 0. The van der Waals surface area contributed by atoms with Gasteiger partial charge in [0.05, 0.1) is 25.0 Å². The van der Waals surface area contributed by atoms with E-state index in [0.29, 0.717) is 28.8 Å². The summed E-state index contributed by atoms with van der Waals surface area (Å²) in [4.78, 5) is 120. The van der Waals surface area contributed by atoms with Crippen molar-refractivity contribution in [2.75, 3.05) is 13.2 Å². The molecule has 440 valence electrons. The fourth-order valence-electron chi connectivity index (χ4n) is 9.30. The molecule has 5 rings (SSSR count). The van der Waals surface area contributed by atoms with Gasteiger partial charge in [-0.05, 0) is 78.5 Å². The zero-order chi connectivity index (χ0) is 59.6. The number of nitrogens with zero attached hydrogens (tertiary/aromatic N) is 2. The van der Waals surface area contributed by atoms with Crippen molar-refractivity contribution in [3.63, 3.8) is 0 Å². The summed E-state index contributed by atoms with van der Waals surface area (Å²) in [6.07, 6.45) is 2.29. The summed E-state index contributed by atoms with van der Waals surface area (Å²) in [6.45, 7) is 12.0. The standard InChI is InChI=1S/C58H81N11O12/c1-33(2)24-41(63-53(77)45(26-35-12-9-8-10-13-35)66-55(79)48-14-11-23-69(48)56(80)46(29-38-30-60-32-61-38)68-57(81)58(5,6)7)50(74)62-42(25-34(3)4)51(75)64-43(27-36-15-19-39(71)20-16-36)52(76)65-44(28-37-17-21-40(72)22-18-37)54(78)67-47(31-70)49(59)73/h8-10,12-13,15-22,30,32-34,41-48,50,62,70-72,74H,11,14,23-29,31H2,1-7H3,(H2,59,73)(H,60,61)(H,63,77)(H,64,75)(H,65,76)(H,66,79)(H,67,78)(H,68,81)/t41?,42-,43-,44-,45?,46-,47-,48-,50?/m0/s1. The maximum Gasteiger partial charge on any atom is 0.246 e. The van der Waals surface area contributed by atoms with E-state index in [1.165, 1.54) is 47.6 Å².